The molecule has 0 saturated carbocycles. The number of hydrogen-bond acceptors (Lipinski definition) is 4. The Balaban J connectivity index is 1.45. The molecule has 0 radical (unpaired) electrons. The van der Waals surface area contributed by atoms with Gasteiger partial charge in [0.2, 0.25) is 5.91 Å². The zero-order chi connectivity index (χ0) is 21.9. The first kappa shape index (κ1) is 21.7. The van der Waals surface area contributed by atoms with Crippen LogP contribution in [0, 0.1) is 5.82 Å². The van der Waals surface area contributed by atoms with Crippen LogP contribution in [0.4, 0.5) is 14.9 Å². The Morgan fingerprint density at radius 3 is 2.40 bits per heavy atom. The van der Waals surface area contributed by atoms with E-state index in [-0.39, 0.29) is 36.6 Å². The number of amides is 5. The molecule has 10 heteroatoms. The van der Waals surface area contributed by atoms with Gasteiger partial charge in [0.05, 0.1) is 26.2 Å². The van der Waals surface area contributed by atoms with Crippen molar-refractivity contribution in [2.75, 3.05) is 44.6 Å². The van der Waals surface area contributed by atoms with E-state index in [0.717, 1.165) is 9.80 Å². The maximum atomic E-state index is 12.9. The van der Waals surface area contributed by atoms with Crippen LogP contribution in [-0.4, -0.2) is 78.4 Å². The monoisotopic (exact) mass is 420 g/mol. The number of urea groups is 1. The van der Waals surface area contributed by atoms with E-state index in [9.17, 15) is 23.6 Å². The standard InChI is InChI=1S/C20H26FN5O4/c1-3-20(2)18(29)26(19(30)23-20)13-17(28)25-10-8-24(9-11-25)12-16(27)22-15-6-4-14(21)5-7-15/h4-7H,3,8-13H2,1-2H3,(H,22,27)(H,23,30)/p+1/t20-/m1/s1. The number of hydrogen-bond donors (Lipinski definition) is 3. The number of nitrogens with zero attached hydrogens (tertiary/aromatic N) is 2. The van der Waals surface area contributed by atoms with Gasteiger partial charge in [0.25, 0.3) is 11.8 Å². The summed E-state index contributed by atoms with van der Waals surface area (Å²) < 4.78 is 12.9. The van der Waals surface area contributed by atoms with Crippen molar-refractivity contribution in [1.29, 1.82) is 0 Å². The SMILES string of the molecule is CC[C@@]1(C)NC(=O)N(CC(=O)N2CC[NH+](CC(=O)Nc3ccc(F)cc3)CC2)C1=O. The molecule has 0 spiro atoms. The molecule has 2 heterocycles. The van der Waals surface area contributed by atoms with Crippen LogP contribution in [0.1, 0.15) is 20.3 Å². The predicted octanol–water partition coefficient (Wildman–Crippen LogP) is -0.788. The van der Waals surface area contributed by atoms with Gasteiger partial charge >= 0.3 is 6.03 Å². The fourth-order valence-electron chi connectivity index (χ4n) is 3.58. The van der Waals surface area contributed by atoms with E-state index in [1.165, 1.54) is 24.3 Å². The summed E-state index contributed by atoms with van der Waals surface area (Å²) in [5, 5.41) is 5.36. The maximum Gasteiger partial charge on any atom is 0.325 e. The maximum absolute atomic E-state index is 12.9. The van der Waals surface area contributed by atoms with E-state index in [1.54, 1.807) is 18.7 Å². The van der Waals surface area contributed by atoms with Crippen LogP contribution in [0.3, 0.4) is 0 Å². The molecule has 0 unspecified atom stereocenters. The third-order valence-corrected chi connectivity index (χ3v) is 5.71. The van der Waals surface area contributed by atoms with E-state index < -0.39 is 11.6 Å². The van der Waals surface area contributed by atoms with Gasteiger partial charge in [-0.3, -0.25) is 19.3 Å². The second kappa shape index (κ2) is 8.78. The van der Waals surface area contributed by atoms with Crippen LogP contribution in [0.2, 0.25) is 0 Å². The number of halogens is 1. The molecule has 9 nitrogen and oxygen atoms in total. The zero-order valence-corrected chi connectivity index (χ0v) is 17.2. The van der Waals surface area contributed by atoms with Crippen LogP contribution in [0.15, 0.2) is 24.3 Å². The molecule has 2 fully saturated rings. The van der Waals surface area contributed by atoms with Gasteiger partial charge in [-0.1, -0.05) is 6.92 Å². The molecule has 0 aromatic heterocycles. The third kappa shape index (κ3) is 4.76. The highest BCUT2D eigenvalue weighted by molar-refractivity contribution is 6.08. The summed E-state index contributed by atoms with van der Waals surface area (Å²) in [7, 11) is 0. The Bertz CT molecular complexity index is 838. The molecule has 1 aromatic rings. The van der Waals surface area contributed by atoms with Crippen LogP contribution in [-0.2, 0) is 14.4 Å². The average molecular weight is 420 g/mol. The number of benzene rings is 1. The van der Waals surface area contributed by atoms with Crippen LogP contribution < -0.4 is 15.5 Å². The van der Waals surface area contributed by atoms with E-state index >= 15 is 0 Å². The fourth-order valence-corrected chi connectivity index (χ4v) is 3.58. The molecule has 3 rings (SSSR count). The van der Waals surface area contributed by atoms with Gasteiger partial charge in [-0.05, 0) is 37.6 Å². The van der Waals surface area contributed by atoms with Crippen molar-refractivity contribution in [3.8, 4) is 0 Å². The molecule has 1 aromatic carbocycles. The summed E-state index contributed by atoms with van der Waals surface area (Å²) in [6, 6.07) is 5.01. The van der Waals surface area contributed by atoms with Crippen molar-refractivity contribution < 1.29 is 28.5 Å². The Labute approximate surface area is 174 Å². The highest BCUT2D eigenvalue weighted by atomic mass is 19.1. The normalized spacial score (nSPS) is 22.2. The summed E-state index contributed by atoms with van der Waals surface area (Å²) in [6.07, 6.45) is 0.449. The Morgan fingerprint density at radius 1 is 1.20 bits per heavy atom. The molecular weight excluding hydrogens is 393 g/mol. The van der Waals surface area contributed by atoms with Gasteiger partial charge < -0.3 is 20.4 Å². The quantitative estimate of drug-likeness (QED) is 0.525. The van der Waals surface area contributed by atoms with Crippen molar-refractivity contribution >= 4 is 29.4 Å². The highest BCUT2D eigenvalue weighted by Gasteiger charge is 2.47. The summed E-state index contributed by atoms with van der Waals surface area (Å²) >= 11 is 0. The Morgan fingerprint density at radius 2 is 1.83 bits per heavy atom. The number of rotatable bonds is 6. The number of carbonyl (C=O) groups excluding carboxylic acids is 4. The Kier molecular flexibility index (Phi) is 6.35. The minimum Gasteiger partial charge on any atom is -0.330 e. The molecule has 1 atom stereocenters. The number of anilines is 1. The van der Waals surface area contributed by atoms with Crippen molar-refractivity contribution in [1.82, 2.24) is 15.1 Å². The van der Waals surface area contributed by atoms with E-state index in [0.29, 0.717) is 38.3 Å². The first-order chi connectivity index (χ1) is 14.2. The topological polar surface area (TPSA) is 103 Å². The number of nitrogens with one attached hydrogen (secondary N) is 3. The summed E-state index contributed by atoms with van der Waals surface area (Å²) in [5.41, 5.74) is -0.430. The summed E-state index contributed by atoms with van der Waals surface area (Å²) in [4.78, 5) is 52.9. The molecule has 0 bridgehead atoms. The fraction of sp³-hybridized carbons (Fsp3) is 0.500. The second-order valence-electron chi connectivity index (χ2n) is 7.87. The van der Waals surface area contributed by atoms with Crippen LogP contribution in [0.5, 0.6) is 0 Å². The zero-order valence-electron chi connectivity index (χ0n) is 17.2. The summed E-state index contributed by atoms with van der Waals surface area (Å²) in [5.74, 6) is -1.22. The minimum absolute atomic E-state index is 0.186. The molecule has 2 saturated heterocycles. The highest BCUT2D eigenvalue weighted by Crippen LogP contribution is 2.20. The van der Waals surface area contributed by atoms with Crippen LogP contribution >= 0.6 is 0 Å². The molecule has 3 N–H and O–H groups in total. The molecular formula is C20H27FN5O4+. The van der Waals surface area contributed by atoms with Crippen LogP contribution in [0.25, 0.3) is 0 Å². The molecule has 2 aliphatic heterocycles. The predicted molar refractivity (Wildman–Crippen MR) is 106 cm³/mol. The van der Waals surface area contributed by atoms with Gasteiger partial charge in [-0.25, -0.2) is 9.18 Å². The third-order valence-electron chi connectivity index (χ3n) is 5.71. The molecule has 5 amide bonds. The lowest BCUT2D eigenvalue weighted by atomic mass is 9.99. The summed E-state index contributed by atoms with van der Waals surface area (Å²) in [6.45, 7) is 5.45. The minimum atomic E-state index is -0.960. The van der Waals surface area contributed by atoms with Crippen molar-refractivity contribution in [2.24, 2.45) is 0 Å². The lowest BCUT2D eigenvalue weighted by Crippen LogP contribution is -3.15. The van der Waals surface area contributed by atoms with Gasteiger partial charge in [-0.15, -0.1) is 0 Å². The van der Waals surface area contributed by atoms with E-state index in [2.05, 4.69) is 10.6 Å². The van der Waals surface area contributed by atoms with Crippen molar-refractivity contribution in [2.45, 2.75) is 25.8 Å². The molecule has 30 heavy (non-hydrogen) atoms. The van der Waals surface area contributed by atoms with E-state index in [4.69, 9.17) is 0 Å². The van der Waals surface area contributed by atoms with Gasteiger partial charge in [0, 0.05) is 5.69 Å². The van der Waals surface area contributed by atoms with Gasteiger partial charge in [0.1, 0.15) is 17.9 Å². The largest absolute Gasteiger partial charge is 0.330 e. The first-order valence-electron chi connectivity index (χ1n) is 10.0. The van der Waals surface area contributed by atoms with Crippen molar-refractivity contribution in [3.05, 3.63) is 30.1 Å². The number of imide groups is 1. The van der Waals surface area contributed by atoms with E-state index in [1.807, 2.05) is 0 Å². The average Bonchev–Trinajstić information content (AvgIpc) is 2.93. The lowest BCUT2D eigenvalue weighted by molar-refractivity contribution is -0.895. The first-order valence-corrected chi connectivity index (χ1v) is 10.0. The van der Waals surface area contributed by atoms with Gasteiger partial charge in [-0.2, -0.15) is 0 Å². The second-order valence-corrected chi connectivity index (χ2v) is 7.87. The molecule has 2 aliphatic rings. The Hall–Kier alpha value is -3.01. The van der Waals surface area contributed by atoms with Crippen molar-refractivity contribution in [3.63, 3.8) is 0 Å². The van der Waals surface area contributed by atoms with Gasteiger partial charge in [0.15, 0.2) is 6.54 Å². The number of carbonyl (C=O) groups is 4. The molecule has 0 aliphatic carbocycles. The smallest absolute Gasteiger partial charge is 0.325 e. The molecule has 162 valence electrons. The number of piperazine rings is 1. The number of quaternary nitrogens is 1. The lowest BCUT2D eigenvalue weighted by Gasteiger charge is -2.32.